The topological polar surface area (TPSA) is 54.0 Å². The molecule has 2 fully saturated rings. The molecule has 0 aromatic heterocycles. The number of ether oxygens (including phenoxy) is 2. The highest BCUT2D eigenvalue weighted by Crippen LogP contribution is 2.19. The number of piperazine rings is 1. The predicted molar refractivity (Wildman–Crippen MR) is 87.4 cm³/mol. The van der Waals surface area contributed by atoms with Gasteiger partial charge >= 0.3 is 0 Å². The van der Waals surface area contributed by atoms with Gasteiger partial charge in [0.05, 0.1) is 20.3 Å². The molecular weight excluding hydrogens is 313 g/mol. The second-order valence-corrected chi connectivity index (χ2v) is 6.15. The Balaban J connectivity index is 1.49. The maximum absolute atomic E-state index is 13.8. The van der Waals surface area contributed by atoms with E-state index in [1.165, 1.54) is 13.2 Å². The van der Waals surface area contributed by atoms with E-state index in [1.54, 1.807) is 6.07 Å². The first-order valence-electron chi connectivity index (χ1n) is 8.32. The monoisotopic (exact) mass is 337 g/mol. The number of morpholine rings is 1. The summed E-state index contributed by atoms with van der Waals surface area (Å²) < 4.78 is 24.1. The minimum Gasteiger partial charge on any atom is -0.494 e. The zero-order chi connectivity index (χ0) is 16.9. The lowest BCUT2D eigenvalue weighted by atomic mass is 10.1. The number of carbonyl (C=O) groups excluding carboxylic acids is 1. The summed E-state index contributed by atoms with van der Waals surface area (Å²) in [6.45, 7) is 5.46. The van der Waals surface area contributed by atoms with Crippen LogP contribution in [0.25, 0.3) is 0 Å². The van der Waals surface area contributed by atoms with Crippen molar-refractivity contribution in [2.75, 3.05) is 53.0 Å². The highest BCUT2D eigenvalue weighted by molar-refractivity contribution is 5.82. The lowest BCUT2D eigenvalue weighted by Gasteiger charge is -2.37. The van der Waals surface area contributed by atoms with Crippen molar-refractivity contribution in [1.29, 1.82) is 0 Å². The molecule has 1 atom stereocenters. The molecule has 2 saturated heterocycles. The highest BCUT2D eigenvalue weighted by Gasteiger charge is 2.28. The Labute approximate surface area is 141 Å². The van der Waals surface area contributed by atoms with Gasteiger partial charge in [-0.3, -0.25) is 9.69 Å². The second kappa shape index (κ2) is 7.92. The fraction of sp³-hybridized carbons (Fsp3) is 0.588. The van der Waals surface area contributed by atoms with Crippen molar-refractivity contribution in [2.24, 2.45) is 0 Å². The van der Waals surface area contributed by atoms with Crippen LogP contribution < -0.4 is 10.1 Å². The summed E-state index contributed by atoms with van der Waals surface area (Å²) in [6.07, 6.45) is 0. The number of benzene rings is 1. The normalized spacial score (nSPS) is 22.4. The number of carbonyl (C=O) groups is 1. The SMILES string of the molecule is COc1ccc(CN2CCN(C(=O)[C@@H]3COCCN3)CC2)cc1F. The summed E-state index contributed by atoms with van der Waals surface area (Å²) in [5.74, 6) is 0.0356. The van der Waals surface area contributed by atoms with Crippen LogP contribution in [0, 0.1) is 5.82 Å². The van der Waals surface area contributed by atoms with Gasteiger partial charge in [-0.1, -0.05) is 6.07 Å². The molecule has 2 aliphatic heterocycles. The van der Waals surface area contributed by atoms with E-state index < -0.39 is 0 Å². The first-order valence-corrected chi connectivity index (χ1v) is 8.32. The molecule has 24 heavy (non-hydrogen) atoms. The Kier molecular flexibility index (Phi) is 5.65. The number of amides is 1. The standard InChI is InChI=1S/C17H24FN3O3/c1-23-16-3-2-13(10-14(16)18)11-20-5-7-21(8-6-20)17(22)15-12-24-9-4-19-15/h2-3,10,15,19H,4-9,11-12H2,1H3/t15-/m0/s1. The quantitative estimate of drug-likeness (QED) is 0.865. The van der Waals surface area contributed by atoms with Crippen molar-refractivity contribution in [2.45, 2.75) is 12.6 Å². The molecule has 0 unspecified atom stereocenters. The lowest BCUT2D eigenvalue weighted by molar-refractivity contribution is -0.138. The molecule has 0 aliphatic carbocycles. The van der Waals surface area contributed by atoms with Crippen LogP contribution in [0.5, 0.6) is 5.75 Å². The number of nitrogens with one attached hydrogen (secondary N) is 1. The number of hydrogen-bond acceptors (Lipinski definition) is 5. The van der Waals surface area contributed by atoms with Gasteiger partial charge in [0.15, 0.2) is 11.6 Å². The van der Waals surface area contributed by atoms with Gasteiger partial charge < -0.3 is 19.7 Å². The molecule has 0 bridgehead atoms. The number of hydrogen-bond donors (Lipinski definition) is 1. The van der Waals surface area contributed by atoms with Crippen LogP contribution in [0.1, 0.15) is 5.56 Å². The average molecular weight is 337 g/mol. The molecule has 2 heterocycles. The van der Waals surface area contributed by atoms with Crippen molar-refractivity contribution in [3.63, 3.8) is 0 Å². The van der Waals surface area contributed by atoms with Crippen molar-refractivity contribution in [3.8, 4) is 5.75 Å². The molecule has 1 amide bonds. The molecule has 6 nitrogen and oxygen atoms in total. The van der Waals surface area contributed by atoms with Crippen LogP contribution in [0.2, 0.25) is 0 Å². The molecule has 7 heteroatoms. The molecule has 2 aliphatic rings. The third kappa shape index (κ3) is 4.03. The van der Waals surface area contributed by atoms with E-state index in [-0.39, 0.29) is 23.5 Å². The molecule has 0 radical (unpaired) electrons. The summed E-state index contributed by atoms with van der Waals surface area (Å²) in [4.78, 5) is 16.6. The van der Waals surface area contributed by atoms with Gasteiger partial charge in [-0.25, -0.2) is 4.39 Å². The third-order valence-electron chi connectivity index (χ3n) is 4.53. The summed E-state index contributed by atoms with van der Waals surface area (Å²) in [7, 11) is 1.46. The predicted octanol–water partition coefficient (Wildman–Crippen LogP) is 0.467. The van der Waals surface area contributed by atoms with E-state index in [0.717, 1.165) is 25.2 Å². The van der Waals surface area contributed by atoms with Gasteiger partial charge in [0.25, 0.3) is 0 Å². The molecule has 0 saturated carbocycles. The summed E-state index contributed by atoms with van der Waals surface area (Å²) in [5, 5.41) is 3.20. The Bertz CT molecular complexity index is 570. The van der Waals surface area contributed by atoms with E-state index >= 15 is 0 Å². The van der Waals surface area contributed by atoms with Crippen molar-refractivity contribution in [3.05, 3.63) is 29.6 Å². The van der Waals surface area contributed by atoms with Crippen LogP contribution in [-0.2, 0) is 16.1 Å². The zero-order valence-electron chi connectivity index (χ0n) is 14.0. The number of methoxy groups -OCH3 is 1. The first kappa shape index (κ1) is 17.1. The highest BCUT2D eigenvalue weighted by atomic mass is 19.1. The van der Waals surface area contributed by atoms with Gasteiger partial charge in [-0.05, 0) is 17.7 Å². The Morgan fingerprint density at radius 1 is 1.38 bits per heavy atom. The fourth-order valence-electron chi connectivity index (χ4n) is 3.14. The maximum Gasteiger partial charge on any atom is 0.242 e. The maximum atomic E-state index is 13.8. The smallest absolute Gasteiger partial charge is 0.242 e. The third-order valence-corrected chi connectivity index (χ3v) is 4.53. The largest absolute Gasteiger partial charge is 0.494 e. The summed E-state index contributed by atoms with van der Waals surface area (Å²) in [6, 6.07) is 4.82. The van der Waals surface area contributed by atoms with E-state index in [2.05, 4.69) is 10.2 Å². The first-order chi connectivity index (χ1) is 11.7. The Hall–Kier alpha value is -1.70. The molecule has 3 rings (SSSR count). The van der Waals surface area contributed by atoms with Crippen LogP contribution >= 0.6 is 0 Å². The van der Waals surface area contributed by atoms with Gasteiger partial charge in [0.2, 0.25) is 5.91 Å². The molecule has 1 aromatic rings. The second-order valence-electron chi connectivity index (χ2n) is 6.15. The minimum atomic E-state index is -0.341. The number of halogens is 1. The lowest BCUT2D eigenvalue weighted by Crippen LogP contribution is -2.57. The number of nitrogens with zero attached hydrogens (tertiary/aromatic N) is 2. The molecule has 0 spiro atoms. The molecule has 1 aromatic carbocycles. The van der Waals surface area contributed by atoms with Gasteiger partial charge in [0.1, 0.15) is 6.04 Å². The zero-order valence-corrected chi connectivity index (χ0v) is 14.0. The number of rotatable bonds is 4. The summed E-state index contributed by atoms with van der Waals surface area (Å²) >= 11 is 0. The van der Waals surface area contributed by atoms with Gasteiger partial charge in [-0.2, -0.15) is 0 Å². The van der Waals surface area contributed by atoms with E-state index in [1.807, 2.05) is 11.0 Å². The minimum absolute atomic E-state index is 0.116. The van der Waals surface area contributed by atoms with Crippen molar-refractivity contribution >= 4 is 5.91 Å². The van der Waals surface area contributed by atoms with Crippen LogP contribution in [0.4, 0.5) is 4.39 Å². The molecule has 132 valence electrons. The summed E-state index contributed by atoms with van der Waals surface area (Å²) in [5.41, 5.74) is 0.912. The Morgan fingerprint density at radius 3 is 2.79 bits per heavy atom. The molecular formula is C17H24FN3O3. The van der Waals surface area contributed by atoms with Crippen LogP contribution in [0.15, 0.2) is 18.2 Å². The van der Waals surface area contributed by atoms with E-state index in [4.69, 9.17) is 9.47 Å². The van der Waals surface area contributed by atoms with Gasteiger partial charge in [0, 0.05) is 39.3 Å². The van der Waals surface area contributed by atoms with E-state index in [9.17, 15) is 9.18 Å². The average Bonchev–Trinajstić information content (AvgIpc) is 2.63. The van der Waals surface area contributed by atoms with E-state index in [0.29, 0.717) is 32.8 Å². The van der Waals surface area contributed by atoms with Crippen LogP contribution in [0.3, 0.4) is 0 Å². The van der Waals surface area contributed by atoms with Gasteiger partial charge in [-0.15, -0.1) is 0 Å². The van der Waals surface area contributed by atoms with Crippen LogP contribution in [-0.4, -0.2) is 74.8 Å². The Morgan fingerprint density at radius 2 is 2.17 bits per heavy atom. The van der Waals surface area contributed by atoms with Crippen molar-refractivity contribution < 1.29 is 18.7 Å². The molecule has 1 N–H and O–H groups in total. The van der Waals surface area contributed by atoms with Crippen molar-refractivity contribution in [1.82, 2.24) is 15.1 Å². The fourth-order valence-corrected chi connectivity index (χ4v) is 3.14.